The lowest BCUT2D eigenvalue weighted by Gasteiger charge is -2.26. The summed E-state index contributed by atoms with van der Waals surface area (Å²) in [4.78, 5) is 27.4. The van der Waals surface area contributed by atoms with Crippen LogP contribution in [0.4, 0.5) is 5.69 Å². The van der Waals surface area contributed by atoms with Crippen molar-refractivity contribution in [2.24, 2.45) is 0 Å². The number of amides is 1. The normalized spacial score (nSPS) is 18.0. The minimum absolute atomic E-state index is 0.00967. The van der Waals surface area contributed by atoms with E-state index in [4.69, 9.17) is 18.9 Å². The summed E-state index contributed by atoms with van der Waals surface area (Å²) in [6.07, 6.45) is -0.155. The van der Waals surface area contributed by atoms with Crippen LogP contribution in [0.25, 0.3) is 0 Å². The zero-order valence-corrected chi connectivity index (χ0v) is 16.6. The molecular formula is C22H23NO6. The zero-order chi connectivity index (χ0) is 20.5. The molecule has 152 valence electrons. The molecule has 29 heavy (non-hydrogen) atoms. The molecule has 0 fully saturated rings. The van der Waals surface area contributed by atoms with Gasteiger partial charge in [0.05, 0.1) is 12.7 Å². The van der Waals surface area contributed by atoms with Gasteiger partial charge in [-0.25, -0.2) is 4.79 Å². The van der Waals surface area contributed by atoms with Gasteiger partial charge >= 0.3 is 5.97 Å². The summed E-state index contributed by atoms with van der Waals surface area (Å²) in [6, 6.07) is 10.9. The number of carbonyl (C=O) groups is 2. The molecule has 2 aromatic rings. The first-order valence-electron chi connectivity index (χ1n) is 9.59. The van der Waals surface area contributed by atoms with E-state index in [1.54, 1.807) is 17.9 Å². The highest BCUT2D eigenvalue weighted by Crippen LogP contribution is 2.40. The zero-order valence-electron chi connectivity index (χ0n) is 16.6. The van der Waals surface area contributed by atoms with E-state index in [-0.39, 0.29) is 17.5 Å². The molecule has 7 nitrogen and oxygen atoms in total. The fourth-order valence-corrected chi connectivity index (χ4v) is 3.77. The number of anilines is 1. The molecular weight excluding hydrogens is 374 g/mol. The van der Waals surface area contributed by atoms with Gasteiger partial charge in [0.1, 0.15) is 13.2 Å². The smallest absolute Gasteiger partial charge is 0.339 e. The van der Waals surface area contributed by atoms with Crippen molar-refractivity contribution in [1.29, 1.82) is 0 Å². The van der Waals surface area contributed by atoms with Crippen LogP contribution < -0.4 is 19.1 Å². The van der Waals surface area contributed by atoms with E-state index in [0.29, 0.717) is 30.5 Å². The van der Waals surface area contributed by atoms with Crippen molar-refractivity contribution in [3.63, 3.8) is 0 Å². The largest absolute Gasteiger partial charge is 0.493 e. The van der Waals surface area contributed by atoms with Crippen LogP contribution in [0.2, 0.25) is 0 Å². The van der Waals surface area contributed by atoms with E-state index >= 15 is 0 Å². The van der Waals surface area contributed by atoms with E-state index in [1.165, 1.54) is 13.2 Å². The summed E-state index contributed by atoms with van der Waals surface area (Å²) < 4.78 is 21.9. The summed E-state index contributed by atoms with van der Waals surface area (Å²) in [6.45, 7) is 4.37. The highest BCUT2D eigenvalue weighted by Gasteiger charge is 2.35. The average Bonchev–Trinajstić information content (AvgIpc) is 3.07. The molecule has 0 saturated carbocycles. The highest BCUT2D eigenvalue weighted by molar-refractivity contribution is 6.01. The summed E-state index contributed by atoms with van der Waals surface area (Å²) in [5.41, 5.74) is 2.22. The quantitative estimate of drug-likeness (QED) is 0.739. The summed E-state index contributed by atoms with van der Waals surface area (Å²) in [5.74, 6) is 0.391. The molecule has 0 bridgehead atoms. The number of methoxy groups -OCH3 is 1. The number of fused-ring (bicyclic) bond motifs is 2. The maximum absolute atomic E-state index is 13.0. The van der Waals surface area contributed by atoms with Gasteiger partial charge in [-0.2, -0.15) is 0 Å². The van der Waals surface area contributed by atoms with Crippen molar-refractivity contribution in [2.75, 3.05) is 25.2 Å². The van der Waals surface area contributed by atoms with Crippen molar-refractivity contribution < 1.29 is 28.5 Å². The predicted molar refractivity (Wildman–Crippen MR) is 106 cm³/mol. The molecule has 2 heterocycles. The number of para-hydroxylation sites is 1. The monoisotopic (exact) mass is 397 g/mol. The second-order valence-electron chi connectivity index (χ2n) is 7.14. The van der Waals surface area contributed by atoms with Crippen molar-refractivity contribution in [2.45, 2.75) is 32.4 Å². The van der Waals surface area contributed by atoms with E-state index in [1.807, 2.05) is 31.2 Å². The van der Waals surface area contributed by atoms with Crippen molar-refractivity contribution in [3.8, 4) is 17.2 Å². The Morgan fingerprint density at radius 3 is 2.72 bits per heavy atom. The Morgan fingerprint density at radius 2 is 1.93 bits per heavy atom. The Kier molecular flexibility index (Phi) is 5.05. The molecule has 0 saturated heterocycles. The second-order valence-corrected chi connectivity index (χ2v) is 7.14. The van der Waals surface area contributed by atoms with Gasteiger partial charge in [-0.05, 0) is 44.0 Å². The lowest BCUT2D eigenvalue weighted by atomic mass is 10.1. The Hall–Kier alpha value is -3.22. The van der Waals surface area contributed by atoms with Crippen molar-refractivity contribution >= 4 is 17.6 Å². The van der Waals surface area contributed by atoms with E-state index in [0.717, 1.165) is 17.7 Å². The third-order valence-corrected chi connectivity index (χ3v) is 5.14. The van der Waals surface area contributed by atoms with E-state index in [2.05, 4.69) is 0 Å². The predicted octanol–water partition coefficient (Wildman–Crippen LogP) is 2.99. The van der Waals surface area contributed by atoms with Crippen molar-refractivity contribution in [3.05, 3.63) is 47.5 Å². The number of hydrogen-bond acceptors (Lipinski definition) is 6. The lowest BCUT2D eigenvalue weighted by Crippen LogP contribution is -2.43. The number of rotatable bonds is 4. The standard InChI is InChI=1S/C22H23NO6/c1-13-10-15-6-4-5-7-17(15)23(13)21(24)14(2)29-22(25)16-11-18(26-3)20-19(12-16)27-8-9-28-20/h4-7,11-14H,8-10H2,1-3H3/t13-,14-/m0/s1. The van der Waals surface area contributed by atoms with Crippen LogP contribution in [0.1, 0.15) is 29.8 Å². The van der Waals surface area contributed by atoms with Crippen LogP contribution in [0.3, 0.4) is 0 Å². The first kappa shape index (κ1) is 19.1. The molecule has 0 N–H and O–H groups in total. The maximum atomic E-state index is 13.0. The number of nitrogens with zero attached hydrogens (tertiary/aromatic N) is 1. The number of carbonyl (C=O) groups excluding carboxylic acids is 2. The van der Waals surface area contributed by atoms with Crippen LogP contribution in [-0.4, -0.2) is 44.3 Å². The Bertz CT molecular complexity index is 939. The molecule has 0 radical (unpaired) electrons. The van der Waals surface area contributed by atoms with Gasteiger partial charge in [0, 0.05) is 11.7 Å². The van der Waals surface area contributed by atoms with E-state index in [9.17, 15) is 9.59 Å². The summed E-state index contributed by atoms with van der Waals surface area (Å²) >= 11 is 0. The molecule has 2 aliphatic heterocycles. The number of hydrogen-bond donors (Lipinski definition) is 0. The summed E-state index contributed by atoms with van der Waals surface area (Å²) in [7, 11) is 1.49. The van der Waals surface area contributed by atoms with Crippen molar-refractivity contribution in [1.82, 2.24) is 0 Å². The van der Waals surface area contributed by atoms with Gasteiger partial charge in [-0.1, -0.05) is 18.2 Å². The van der Waals surface area contributed by atoms with Crippen LogP contribution in [-0.2, 0) is 16.0 Å². The molecule has 0 spiro atoms. The topological polar surface area (TPSA) is 74.3 Å². The molecule has 7 heteroatoms. The summed E-state index contributed by atoms with van der Waals surface area (Å²) in [5, 5.41) is 0. The molecule has 0 unspecified atom stereocenters. The number of benzene rings is 2. The molecule has 2 aromatic carbocycles. The third kappa shape index (κ3) is 3.48. The fourth-order valence-electron chi connectivity index (χ4n) is 3.77. The molecule has 2 aliphatic rings. The Morgan fingerprint density at radius 1 is 1.17 bits per heavy atom. The maximum Gasteiger partial charge on any atom is 0.339 e. The Labute approximate surface area is 169 Å². The third-order valence-electron chi connectivity index (χ3n) is 5.14. The molecule has 0 aromatic heterocycles. The first-order chi connectivity index (χ1) is 14.0. The Balaban J connectivity index is 1.52. The average molecular weight is 397 g/mol. The SMILES string of the molecule is COc1cc(C(=O)O[C@@H](C)C(=O)N2c3ccccc3C[C@@H]2C)cc2c1OCCO2. The lowest BCUT2D eigenvalue weighted by molar-refractivity contribution is -0.126. The molecule has 0 aliphatic carbocycles. The first-order valence-corrected chi connectivity index (χ1v) is 9.59. The van der Waals surface area contributed by atoms with Crippen LogP contribution >= 0.6 is 0 Å². The minimum Gasteiger partial charge on any atom is -0.493 e. The van der Waals surface area contributed by atoms with Crippen LogP contribution in [0.15, 0.2) is 36.4 Å². The van der Waals surface area contributed by atoms with Gasteiger partial charge in [0.15, 0.2) is 17.6 Å². The second kappa shape index (κ2) is 7.66. The van der Waals surface area contributed by atoms with Gasteiger partial charge < -0.3 is 23.8 Å². The minimum atomic E-state index is -0.935. The molecule has 2 atom stereocenters. The molecule has 1 amide bonds. The van der Waals surface area contributed by atoms with Gasteiger partial charge in [0.25, 0.3) is 5.91 Å². The van der Waals surface area contributed by atoms with Gasteiger partial charge in [-0.15, -0.1) is 0 Å². The highest BCUT2D eigenvalue weighted by atomic mass is 16.6. The number of esters is 1. The van der Waals surface area contributed by atoms with Gasteiger partial charge in [0.2, 0.25) is 5.75 Å². The van der Waals surface area contributed by atoms with Crippen LogP contribution in [0, 0.1) is 0 Å². The van der Waals surface area contributed by atoms with Crippen LogP contribution in [0.5, 0.6) is 17.2 Å². The molecule has 4 rings (SSSR count). The fraction of sp³-hybridized carbons (Fsp3) is 0.364. The van der Waals surface area contributed by atoms with Gasteiger partial charge in [-0.3, -0.25) is 4.79 Å². The van der Waals surface area contributed by atoms with E-state index < -0.39 is 12.1 Å². The number of ether oxygens (including phenoxy) is 4.